The number of nitrogens with zero attached hydrogens (tertiary/aromatic N) is 1. The molecule has 9 heteroatoms. The van der Waals surface area contributed by atoms with E-state index in [1.165, 1.54) is 12.8 Å². The third kappa shape index (κ3) is 5.48. The van der Waals surface area contributed by atoms with Crippen LogP contribution in [0.3, 0.4) is 0 Å². The molecule has 1 N–H and O–H groups in total. The van der Waals surface area contributed by atoms with Crippen molar-refractivity contribution in [2.75, 3.05) is 39.5 Å². The fourth-order valence-corrected chi connectivity index (χ4v) is 3.77. The summed E-state index contributed by atoms with van der Waals surface area (Å²) in [5.74, 6) is 0.767. The van der Waals surface area contributed by atoms with Gasteiger partial charge in [0.2, 0.25) is 0 Å². The number of ether oxygens (including phenoxy) is 2. The van der Waals surface area contributed by atoms with Crippen molar-refractivity contribution in [2.45, 2.75) is 32.5 Å². The van der Waals surface area contributed by atoms with Crippen LogP contribution < -0.4 is 0 Å². The highest BCUT2D eigenvalue weighted by Crippen LogP contribution is 2.42. The predicted molar refractivity (Wildman–Crippen MR) is 92.7 cm³/mol. The maximum Gasteiger partial charge on any atom is 0.490 e. The third-order valence-corrected chi connectivity index (χ3v) is 5.45. The van der Waals surface area contributed by atoms with E-state index in [9.17, 15) is 13.2 Å². The van der Waals surface area contributed by atoms with Gasteiger partial charge in [-0.3, -0.25) is 4.90 Å². The second kappa shape index (κ2) is 8.42. The standard InChI is InChI=1S/C17H25NO3.C2HF3O2/c1-13-2-5-16(21-13)7-18-6-15-9-20-12-17(15,10-18)11-19-8-14-3-4-14;3-2(4,5)1(6)7/h2,5,14-15H,3-4,6-12H2,1H3;(H,6,7)/t15-,17-;/m1./s1. The number of carbonyl (C=O) groups is 1. The molecular formula is C19H26F3NO5. The number of aliphatic carboxylic acids is 1. The fraction of sp³-hybridized carbons (Fsp3) is 0.737. The van der Waals surface area contributed by atoms with E-state index >= 15 is 0 Å². The first-order valence-corrected chi connectivity index (χ1v) is 9.41. The molecule has 0 aromatic carbocycles. The van der Waals surface area contributed by atoms with Crippen molar-refractivity contribution in [3.63, 3.8) is 0 Å². The average molecular weight is 405 g/mol. The number of rotatable bonds is 6. The van der Waals surface area contributed by atoms with E-state index < -0.39 is 12.1 Å². The van der Waals surface area contributed by atoms with Crippen LogP contribution in [-0.2, 0) is 20.8 Å². The van der Waals surface area contributed by atoms with Crippen LogP contribution in [0.4, 0.5) is 13.2 Å². The van der Waals surface area contributed by atoms with Crippen LogP contribution in [0.15, 0.2) is 16.5 Å². The molecule has 0 radical (unpaired) electrons. The molecule has 6 nitrogen and oxygen atoms in total. The Balaban J connectivity index is 0.000000279. The van der Waals surface area contributed by atoms with E-state index in [0.717, 1.165) is 63.5 Å². The van der Waals surface area contributed by atoms with Crippen LogP contribution in [0.2, 0.25) is 0 Å². The van der Waals surface area contributed by atoms with Crippen molar-refractivity contribution in [1.29, 1.82) is 0 Å². The van der Waals surface area contributed by atoms with Gasteiger partial charge in [-0.25, -0.2) is 4.79 Å². The van der Waals surface area contributed by atoms with Crippen molar-refractivity contribution >= 4 is 5.97 Å². The van der Waals surface area contributed by atoms with Gasteiger partial charge in [0.1, 0.15) is 11.5 Å². The minimum atomic E-state index is -5.08. The highest BCUT2D eigenvalue weighted by molar-refractivity contribution is 5.73. The average Bonchev–Trinajstić information content (AvgIpc) is 3.05. The Hall–Kier alpha value is -1.58. The first-order chi connectivity index (χ1) is 13.2. The van der Waals surface area contributed by atoms with Gasteiger partial charge in [0, 0.05) is 31.0 Å². The topological polar surface area (TPSA) is 72.1 Å². The van der Waals surface area contributed by atoms with Crippen LogP contribution in [0.5, 0.6) is 0 Å². The van der Waals surface area contributed by atoms with E-state index in [1.54, 1.807) is 0 Å². The summed E-state index contributed by atoms with van der Waals surface area (Å²) in [6.45, 7) is 8.65. The lowest BCUT2D eigenvalue weighted by Crippen LogP contribution is -2.35. The fourth-order valence-electron chi connectivity index (χ4n) is 3.77. The van der Waals surface area contributed by atoms with Gasteiger partial charge >= 0.3 is 12.1 Å². The minimum absolute atomic E-state index is 0.219. The summed E-state index contributed by atoms with van der Waals surface area (Å²) in [5.41, 5.74) is 0.219. The molecule has 2 saturated heterocycles. The lowest BCUT2D eigenvalue weighted by atomic mass is 9.82. The minimum Gasteiger partial charge on any atom is -0.475 e. The summed E-state index contributed by atoms with van der Waals surface area (Å²) in [7, 11) is 0. The van der Waals surface area contributed by atoms with Gasteiger partial charge in [0.05, 0.1) is 26.4 Å². The largest absolute Gasteiger partial charge is 0.490 e. The summed E-state index contributed by atoms with van der Waals surface area (Å²) in [6.07, 6.45) is -2.37. The van der Waals surface area contributed by atoms with Gasteiger partial charge in [-0.1, -0.05) is 0 Å². The molecule has 0 bridgehead atoms. The number of likely N-dealkylation sites (tertiary alicyclic amines) is 1. The third-order valence-electron chi connectivity index (χ3n) is 5.45. The molecule has 2 atom stereocenters. The van der Waals surface area contributed by atoms with Gasteiger partial charge in [-0.2, -0.15) is 13.2 Å². The quantitative estimate of drug-likeness (QED) is 0.784. The molecule has 28 heavy (non-hydrogen) atoms. The molecule has 3 aliphatic rings. The predicted octanol–water partition coefficient (Wildman–Crippen LogP) is 3.10. The Morgan fingerprint density at radius 2 is 2.11 bits per heavy atom. The van der Waals surface area contributed by atoms with Crippen LogP contribution in [0.25, 0.3) is 0 Å². The number of alkyl halides is 3. The van der Waals surface area contributed by atoms with Gasteiger partial charge in [0.25, 0.3) is 0 Å². The maximum atomic E-state index is 10.6. The Bertz CT molecular complexity index is 673. The molecule has 1 aromatic heterocycles. The van der Waals surface area contributed by atoms with E-state index in [4.69, 9.17) is 23.8 Å². The van der Waals surface area contributed by atoms with Gasteiger partial charge in [0.15, 0.2) is 0 Å². The van der Waals surface area contributed by atoms with Gasteiger partial charge in [-0.05, 0) is 37.8 Å². The van der Waals surface area contributed by atoms with Crippen LogP contribution in [0.1, 0.15) is 24.4 Å². The number of halogens is 3. The summed E-state index contributed by atoms with van der Waals surface area (Å²) < 4.78 is 49.2. The number of aryl methyl sites for hydroxylation is 1. The van der Waals surface area contributed by atoms with E-state index in [-0.39, 0.29) is 5.41 Å². The van der Waals surface area contributed by atoms with Gasteiger partial charge in [-0.15, -0.1) is 0 Å². The maximum absolute atomic E-state index is 10.6. The number of furan rings is 1. The summed E-state index contributed by atoms with van der Waals surface area (Å²) >= 11 is 0. The highest BCUT2D eigenvalue weighted by atomic mass is 19.4. The molecule has 1 aromatic rings. The Morgan fingerprint density at radius 1 is 1.39 bits per heavy atom. The molecule has 3 fully saturated rings. The smallest absolute Gasteiger partial charge is 0.475 e. The summed E-state index contributed by atoms with van der Waals surface area (Å²) in [4.78, 5) is 11.4. The van der Waals surface area contributed by atoms with Crippen molar-refractivity contribution in [3.05, 3.63) is 23.7 Å². The van der Waals surface area contributed by atoms with Crippen molar-refractivity contribution < 1.29 is 37.0 Å². The monoisotopic (exact) mass is 405 g/mol. The zero-order valence-electron chi connectivity index (χ0n) is 15.8. The lowest BCUT2D eigenvalue weighted by molar-refractivity contribution is -0.192. The van der Waals surface area contributed by atoms with Crippen molar-refractivity contribution in [2.24, 2.45) is 17.3 Å². The van der Waals surface area contributed by atoms with Crippen LogP contribution in [0, 0.1) is 24.2 Å². The van der Waals surface area contributed by atoms with E-state index in [1.807, 2.05) is 13.0 Å². The molecule has 1 saturated carbocycles. The zero-order valence-corrected chi connectivity index (χ0v) is 15.8. The molecule has 158 valence electrons. The highest BCUT2D eigenvalue weighted by Gasteiger charge is 2.51. The van der Waals surface area contributed by atoms with Crippen molar-refractivity contribution in [3.8, 4) is 0 Å². The normalized spacial score (nSPS) is 27.4. The Morgan fingerprint density at radius 3 is 2.68 bits per heavy atom. The molecule has 4 rings (SSSR count). The molecule has 3 heterocycles. The molecule has 2 aliphatic heterocycles. The Labute approximate surface area is 161 Å². The number of carboxylic acids is 1. The van der Waals surface area contributed by atoms with E-state index in [2.05, 4.69) is 11.0 Å². The number of hydrogen-bond acceptors (Lipinski definition) is 5. The number of hydrogen-bond donors (Lipinski definition) is 1. The molecule has 0 spiro atoms. The number of carboxylic acid groups (broad SMARTS) is 1. The number of fused-ring (bicyclic) bond motifs is 1. The molecular weight excluding hydrogens is 379 g/mol. The summed E-state index contributed by atoms with van der Waals surface area (Å²) in [5, 5.41) is 7.12. The molecule has 1 aliphatic carbocycles. The second-order valence-electron chi connectivity index (χ2n) is 8.02. The van der Waals surface area contributed by atoms with Crippen LogP contribution in [-0.4, -0.2) is 61.7 Å². The lowest BCUT2D eigenvalue weighted by Gasteiger charge is -2.27. The van der Waals surface area contributed by atoms with E-state index in [0.29, 0.717) is 5.92 Å². The Kier molecular flexibility index (Phi) is 6.36. The first-order valence-electron chi connectivity index (χ1n) is 9.41. The zero-order chi connectivity index (χ0) is 20.4. The molecule has 0 amide bonds. The van der Waals surface area contributed by atoms with Crippen LogP contribution >= 0.6 is 0 Å². The first kappa shape index (κ1) is 21.1. The van der Waals surface area contributed by atoms with Gasteiger partial charge < -0.3 is 19.0 Å². The molecule has 0 unspecified atom stereocenters. The second-order valence-corrected chi connectivity index (χ2v) is 8.02. The summed E-state index contributed by atoms with van der Waals surface area (Å²) in [6, 6.07) is 4.14. The van der Waals surface area contributed by atoms with Crippen molar-refractivity contribution in [1.82, 2.24) is 4.90 Å². The SMILES string of the molecule is Cc1ccc(CN2C[C@@H]3COC[C@]3(COCC3CC3)C2)o1.O=C(O)C(F)(F)F.